The predicted molar refractivity (Wildman–Crippen MR) is 67.6 cm³/mol. The highest BCUT2D eigenvalue weighted by Crippen LogP contribution is 2.15. The van der Waals surface area contributed by atoms with E-state index in [4.69, 9.17) is 16.7 Å². The number of aromatic nitrogens is 1. The fourth-order valence-corrected chi connectivity index (χ4v) is 1.80. The molecule has 2 N–H and O–H groups in total. The molecule has 0 saturated carbocycles. The largest absolute Gasteiger partial charge is 0.481 e. The minimum atomic E-state index is -0.938. The van der Waals surface area contributed by atoms with Crippen molar-refractivity contribution in [3.05, 3.63) is 23.0 Å². The van der Waals surface area contributed by atoms with Crippen molar-refractivity contribution in [3.8, 4) is 0 Å². The molecule has 0 aliphatic rings. The van der Waals surface area contributed by atoms with E-state index >= 15 is 0 Å². The third-order valence-corrected chi connectivity index (χ3v) is 2.91. The summed E-state index contributed by atoms with van der Waals surface area (Å²) in [4.78, 5) is 25.7. The van der Waals surface area contributed by atoms with Crippen molar-refractivity contribution in [2.24, 2.45) is 0 Å². The lowest BCUT2D eigenvalue weighted by atomic mass is 10.3. The van der Waals surface area contributed by atoms with Crippen LogP contribution in [0, 0.1) is 6.92 Å². The summed E-state index contributed by atoms with van der Waals surface area (Å²) in [5.41, 5.74) is 1.20. The van der Waals surface area contributed by atoms with E-state index in [0.717, 1.165) is 11.8 Å². The summed E-state index contributed by atoms with van der Waals surface area (Å²) in [7, 11) is 0. The molecule has 0 aliphatic carbocycles. The van der Waals surface area contributed by atoms with Crippen LogP contribution >= 0.6 is 23.4 Å². The van der Waals surface area contributed by atoms with Gasteiger partial charge in [0.05, 0.1) is 22.9 Å². The van der Waals surface area contributed by atoms with Crippen LogP contribution in [-0.2, 0) is 9.59 Å². The molecule has 1 aromatic heterocycles. The number of aryl methyl sites for hydroxylation is 1. The van der Waals surface area contributed by atoms with Crippen molar-refractivity contribution in [1.82, 2.24) is 4.98 Å². The van der Waals surface area contributed by atoms with Crippen molar-refractivity contribution in [3.63, 3.8) is 0 Å². The van der Waals surface area contributed by atoms with E-state index in [2.05, 4.69) is 10.3 Å². The SMILES string of the molecule is Cc1nc(Cl)ccc1NC(=O)CSCC(=O)O. The molecule has 17 heavy (non-hydrogen) atoms. The Kier molecular flexibility index (Phi) is 5.24. The van der Waals surface area contributed by atoms with E-state index in [9.17, 15) is 9.59 Å². The van der Waals surface area contributed by atoms with Gasteiger partial charge in [-0.2, -0.15) is 0 Å². The maximum atomic E-state index is 11.4. The maximum Gasteiger partial charge on any atom is 0.313 e. The Labute approximate surface area is 108 Å². The number of carbonyl (C=O) groups excluding carboxylic acids is 1. The van der Waals surface area contributed by atoms with Gasteiger partial charge in [-0.05, 0) is 19.1 Å². The molecule has 5 nitrogen and oxygen atoms in total. The first-order valence-electron chi connectivity index (χ1n) is 4.71. The summed E-state index contributed by atoms with van der Waals surface area (Å²) in [6, 6.07) is 3.24. The van der Waals surface area contributed by atoms with Gasteiger partial charge in [0, 0.05) is 0 Å². The topological polar surface area (TPSA) is 79.3 Å². The number of hydrogen-bond acceptors (Lipinski definition) is 4. The number of aliphatic carboxylic acids is 1. The Bertz CT molecular complexity index is 440. The lowest BCUT2D eigenvalue weighted by Crippen LogP contribution is -2.16. The second-order valence-corrected chi connectivity index (χ2v) is 4.57. The summed E-state index contributed by atoms with van der Waals surface area (Å²) in [5.74, 6) is -1.20. The van der Waals surface area contributed by atoms with Gasteiger partial charge in [0.2, 0.25) is 5.91 Å². The standard InChI is InChI=1S/C10H11ClN2O3S/c1-6-7(2-3-8(11)12-6)13-9(14)4-17-5-10(15)16/h2-3H,4-5H2,1H3,(H,13,14)(H,15,16). The van der Waals surface area contributed by atoms with Crippen LogP contribution in [0.15, 0.2) is 12.1 Å². The molecule has 0 aromatic carbocycles. The van der Waals surface area contributed by atoms with Crippen LogP contribution in [0.3, 0.4) is 0 Å². The highest BCUT2D eigenvalue weighted by Gasteiger charge is 2.07. The fraction of sp³-hybridized carbons (Fsp3) is 0.300. The van der Waals surface area contributed by atoms with Gasteiger partial charge in [0.15, 0.2) is 0 Å². The smallest absolute Gasteiger partial charge is 0.313 e. The number of carbonyl (C=O) groups is 2. The fourth-order valence-electron chi connectivity index (χ4n) is 1.08. The predicted octanol–water partition coefficient (Wildman–Crippen LogP) is 1.80. The molecule has 7 heteroatoms. The molecule has 92 valence electrons. The van der Waals surface area contributed by atoms with Crippen LogP contribution < -0.4 is 5.32 Å². The number of nitrogens with one attached hydrogen (secondary N) is 1. The van der Waals surface area contributed by atoms with E-state index in [1.54, 1.807) is 19.1 Å². The molecule has 1 rings (SSSR count). The summed E-state index contributed by atoms with van der Waals surface area (Å²) >= 11 is 6.72. The van der Waals surface area contributed by atoms with Gasteiger partial charge in [-0.3, -0.25) is 9.59 Å². The molecule has 0 bridgehead atoms. The van der Waals surface area contributed by atoms with E-state index in [-0.39, 0.29) is 17.4 Å². The number of pyridine rings is 1. The second kappa shape index (κ2) is 6.46. The molecule has 0 atom stereocenters. The van der Waals surface area contributed by atoms with E-state index < -0.39 is 5.97 Å². The number of anilines is 1. The van der Waals surface area contributed by atoms with Gasteiger partial charge in [0.1, 0.15) is 5.15 Å². The van der Waals surface area contributed by atoms with Crippen LogP contribution in [0.25, 0.3) is 0 Å². The molecule has 0 unspecified atom stereocenters. The van der Waals surface area contributed by atoms with Crippen LogP contribution in [0.1, 0.15) is 5.69 Å². The van der Waals surface area contributed by atoms with Gasteiger partial charge in [-0.15, -0.1) is 11.8 Å². The monoisotopic (exact) mass is 274 g/mol. The summed E-state index contributed by atoms with van der Waals surface area (Å²) in [6.07, 6.45) is 0. The van der Waals surface area contributed by atoms with Crippen molar-refractivity contribution in [2.75, 3.05) is 16.8 Å². The first-order valence-corrected chi connectivity index (χ1v) is 6.25. The first kappa shape index (κ1) is 13.8. The average molecular weight is 275 g/mol. The number of carboxylic acids is 1. The normalized spacial score (nSPS) is 10.0. The minimum Gasteiger partial charge on any atom is -0.481 e. The number of halogens is 1. The molecule has 0 radical (unpaired) electrons. The number of hydrogen-bond donors (Lipinski definition) is 2. The van der Waals surface area contributed by atoms with Crippen LogP contribution in [0.4, 0.5) is 5.69 Å². The van der Waals surface area contributed by atoms with E-state index in [1.807, 2.05) is 0 Å². The molecule has 1 amide bonds. The van der Waals surface area contributed by atoms with Crippen LogP contribution in [0.5, 0.6) is 0 Å². The molecule has 0 fully saturated rings. The second-order valence-electron chi connectivity index (χ2n) is 3.20. The number of thioether (sulfide) groups is 1. The molecular weight excluding hydrogens is 264 g/mol. The van der Waals surface area contributed by atoms with Crippen LogP contribution in [-0.4, -0.2) is 33.5 Å². The van der Waals surface area contributed by atoms with E-state index in [1.165, 1.54) is 0 Å². The van der Waals surface area contributed by atoms with E-state index in [0.29, 0.717) is 16.5 Å². The number of rotatable bonds is 5. The molecule has 1 aromatic rings. The Morgan fingerprint density at radius 1 is 1.47 bits per heavy atom. The third kappa shape index (κ3) is 5.06. The minimum absolute atomic E-state index is 0.0916. The van der Waals surface area contributed by atoms with Crippen LogP contribution in [0.2, 0.25) is 5.15 Å². The highest BCUT2D eigenvalue weighted by atomic mass is 35.5. The molecule has 0 saturated heterocycles. The summed E-state index contributed by atoms with van der Waals surface area (Å²) in [6.45, 7) is 1.73. The Balaban J connectivity index is 2.48. The Morgan fingerprint density at radius 3 is 2.76 bits per heavy atom. The van der Waals surface area contributed by atoms with Gasteiger partial charge < -0.3 is 10.4 Å². The summed E-state index contributed by atoms with van der Waals surface area (Å²) in [5, 5.41) is 11.4. The van der Waals surface area contributed by atoms with Crippen molar-refractivity contribution < 1.29 is 14.7 Å². The zero-order valence-electron chi connectivity index (χ0n) is 9.07. The lowest BCUT2D eigenvalue weighted by Gasteiger charge is -2.07. The van der Waals surface area contributed by atoms with Gasteiger partial charge >= 0.3 is 5.97 Å². The number of carboxylic acid groups (broad SMARTS) is 1. The van der Waals surface area contributed by atoms with Gasteiger partial charge in [-0.25, -0.2) is 4.98 Å². The average Bonchev–Trinajstić information content (AvgIpc) is 2.21. The zero-order valence-corrected chi connectivity index (χ0v) is 10.6. The molecular formula is C10H11ClN2O3S. The van der Waals surface area contributed by atoms with Gasteiger partial charge in [0.25, 0.3) is 0 Å². The van der Waals surface area contributed by atoms with Crippen molar-refractivity contribution in [2.45, 2.75) is 6.92 Å². The molecule has 1 heterocycles. The Hall–Kier alpha value is -1.27. The zero-order chi connectivity index (χ0) is 12.8. The lowest BCUT2D eigenvalue weighted by molar-refractivity contribution is -0.133. The number of amides is 1. The number of nitrogens with zero attached hydrogens (tertiary/aromatic N) is 1. The van der Waals surface area contributed by atoms with Crippen molar-refractivity contribution >= 4 is 40.9 Å². The summed E-state index contributed by atoms with van der Waals surface area (Å²) < 4.78 is 0. The quantitative estimate of drug-likeness (QED) is 0.801. The van der Waals surface area contributed by atoms with Crippen molar-refractivity contribution in [1.29, 1.82) is 0 Å². The molecule has 0 spiro atoms. The third-order valence-electron chi connectivity index (χ3n) is 1.78. The highest BCUT2D eigenvalue weighted by molar-refractivity contribution is 8.00. The molecule has 0 aliphatic heterocycles. The van der Waals surface area contributed by atoms with Gasteiger partial charge in [-0.1, -0.05) is 11.6 Å². The maximum absolute atomic E-state index is 11.4. The Morgan fingerprint density at radius 2 is 2.18 bits per heavy atom. The first-order chi connectivity index (χ1) is 7.99.